The van der Waals surface area contributed by atoms with Crippen molar-refractivity contribution in [1.29, 1.82) is 0 Å². The number of carbonyl (C=O) groups is 1. The summed E-state index contributed by atoms with van der Waals surface area (Å²) in [5.41, 5.74) is 2.65. The van der Waals surface area contributed by atoms with Crippen molar-refractivity contribution in [3.8, 4) is 0 Å². The number of nitrogens with one attached hydrogen (secondary N) is 2. The molecule has 3 rings (SSSR count). The van der Waals surface area contributed by atoms with Crippen LogP contribution in [-0.4, -0.2) is 17.4 Å². The van der Waals surface area contributed by atoms with E-state index >= 15 is 0 Å². The van der Waals surface area contributed by atoms with E-state index in [1.165, 1.54) is 23.6 Å². The number of hydrogen-bond acceptors (Lipinski definition) is 4. The first-order chi connectivity index (χ1) is 14.1. The molecule has 4 nitrogen and oxygen atoms in total. The van der Waals surface area contributed by atoms with Crippen LogP contribution in [0.3, 0.4) is 0 Å². The van der Waals surface area contributed by atoms with Gasteiger partial charge in [-0.25, -0.2) is 4.98 Å². The summed E-state index contributed by atoms with van der Waals surface area (Å²) < 4.78 is 38.8. The van der Waals surface area contributed by atoms with E-state index in [4.69, 9.17) is 11.6 Å². The van der Waals surface area contributed by atoms with Crippen LogP contribution in [0.1, 0.15) is 27.1 Å². The molecule has 0 saturated carbocycles. The first kappa shape index (κ1) is 22.1. The van der Waals surface area contributed by atoms with Gasteiger partial charge in [0.25, 0.3) is 0 Å². The number of rotatable bonds is 6. The minimum absolute atomic E-state index is 0.0677. The molecule has 0 aliphatic rings. The number of amides is 1. The highest BCUT2D eigenvalue weighted by molar-refractivity contribution is 7.15. The molecule has 1 amide bonds. The third-order valence-corrected chi connectivity index (χ3v) is 5.64. The van der Waals surface area contributed by atoms with Gasteiger partial charge in [0.2, 0.25) is 5.91 Å². The molecule has 1 heterocycles. The molecule has 0 aliphatic carbocycles. The lowest BCUT2D eigenvalue weighted by Gasteiger charge is -2.10. The van der Waals surface area contributed by atoms with Crippen LogP contribution in [-0.2, 0) is 17.4 Å². The Morgan fingerprint density at radius 2 is 1.93 bits per heavy atom. The molecular formula is C21H19ClF3N3OS. The Bertz CT molecular complexity index is 1070. The molecule has 0 radical (unpaired) electrons. The quantitative estimate of drug-likeness (QED) is 0.476. The van der Waals surface area contributed by atoms with Crippen molar-refractivity contribution in [2.75, 3.05) is 17.2 Å². The zero-order valence-electron chi connectivity index (χ0n) is 16.2. The molecule has 0 fully saturated rings. The first-order valence-electron chi connectivity index (χ1n) is 9.03. The average Bonchev–Trinajstić information content (AvgIpc) is 3.08. The smallest absolute Gasteiger partial charge is 0.376 e. The Kier molecular flexibility index (Phi) is 6.67. The van der Waals surface area contributed by atoms with Crippen LogP contribution in [0.25, 0.3) is 0 Å². The largest absolute Gasteiger partial charge is 0.416 e. The van der Waals surface area contributed by atoms with E-state index in [2.05, 4.69) is 15.6 Å². The van der Waals surface area contributed by atoms with Crippen molar-refractivity contribution in [3.05, 3.63) is 74.7 Å². The van der Waals surface area contributed by atoms with Crippen molar-refractivity contribution in [2.24, 2.45) is 0 Å². The lowest BCUT2D eigenvalue weighted by atomic mass is 10.1. The van der Waals surface area contributed by atoms with E-state index in [1.54, 1.807) is 0 Å². The zero-order valence-corrected chi connectivity index (χ0v) is 17.8. The number of carbonyl (C=O) groups excluding carboxylic acids is 1. The van der Waals surface area contributed by atoms with Crippen LogP contribution in [0.15, 0.2) is 42.6 Å². The van der Waals surface area contributed by atoms with Crippen LogP contribution in [0.2, 0.25) is 5.02 Å². The minimum Gasteiger partial charge on any atom is -0.376 e. The molecule has 2 N–H and O–H groups in total. The number of alkyl halides is 3. The number of aromatic nitrogens is 1. The minimum atomic E-state index is -4.44. The molecule has 3 aromatic rings. The first-order valence-corrected chi connectivity index (χ1v) is 10.2. The van der Waals surface area contributed by atoms with Crippen LogP contribution in [0.4, 0.5) is 24.0 Å². The summed E-state index contributed by atoms with van der Waals surface area (Å²) in [4.78, 5) is 17.0. The van der Waals surface area contributed by atoms with Gasteiger partial charge in [-0.1, -0.05) is 29.3 Å². The number of hydrogen-bond donors (Lipinski definition) is 2. The van der Waals surface area contributed by atoms with Crippen molar-refractivity contribution in [3.63, 3.8) is 0 Å². The Labute approximate surface area is 181 Å². The summed E-state index contributed by atoms with van der Waals surface area (Å²) in [6.07, 6.45) is -2.72. The summed E-state index contributed by atoms with van der Waals surface area (Å²) in [7, 11) is 0. The van der Waals surface area contributed by atoms with E-state index < -0.39 is 11.7 Å². The second-order valence-electron chi connectivity index (χ2n) is 6.83. The molecule has 30 heavy (non-hydrogen) atoms. The fourth-order valence-corrected chi connectivity index (χ4v) is 3.91. The fraction of sp³-hybridized carbons (Fsp3) is 0.238. The fourth-order valence-electron chi connectivity index (χ4n) is 2.87. The summed E-state index contributed by atoms with van der Waals surface area (Å²) in [5, 5.41) is 6.39. The number of nitrogens with zero attached hydrogens (tertiary/aromatic N) is 1. The van der Waals surface area contributed by atoms with Gasteiger partial charge in [-0.3, -0.25) is 4.79 Å². The second-order valence-corrected chi connectivity index (χ2v) is 8.35. The molecule has 0 aliphatic heterocycles. The summed E-state index contributed by atoms with van der Waals surface area (Å²) in [6.45, 7) is 4.02. The van der Waals surface area contributed by atoms with E-state index in [-0.39, 0.29) is 23.9 Å². The van der Waals surface area contributed by atoms with Crippen molar-refractivity contribution >= 4 is 39.7 Å². The lowest BCUT2D eigenvalue weighted by Crippen LogP contribution is -2.21. The average molecular weight is 454 g/mol. The van der Waals surface area contributed by atoms with Crippen LogP contribution in [0, 0.1) is 13.8 Å². The van der Waals surface area contributed by atoms with Crippen LogP contribution < -0.4 is 10.6 Å². The van der Waals surface area contributed by atoms with Gasteiger partial charge in [-0.2, -0.15) is 13.2 Å². The highest BCUT2D eigenvalue weighted by atomic mass is 35.5. The Morgan fingerprint density at radius 3 is 2.63 bits per heavy atom. The second kappa shape index (κ2) is 9.06. The number of aryl methyl sites for hydroxylation is 2. The molecule has 1 aromatic heterocycles. The molecule has 0 saturated heterocycles. The molecule has 2 aromatic carbocycles. The molecule has 0 unspecified atom stereocenters. The highest BCUT2D eigenvalue weighted by Gasteiger charge is 2.30. The van der Waals surface area contributed by atoms with Gasteiger partial charge in [0.15, 0.2) is 5.13 Å². The molecule has 0 bridgehead atoms. The van der Waals surface area contributed by atoms with Crippen molar-refractivity contribution in [2.45, 2.75) is 26.4 Å². The topological polar surface area (TPSA) is 54.0 Å². The maximum atomic E-state index is 12.9. The molecule has 158 valence electrons. The van der Waals surface area contributed by atoms with Gasteiger partial charge in [0.1, 0.15) is 0 Å². The van der Waals surface area contributed by atoms with Gasteiger partial charge in [-0.05, 0) is 49.2 Å². The van der Waals surface area contributed by atoms with Gasteiger partial charge in [0, 0.05) is 28.2 Å². The number of anilines is 2. The molecule has 0 atom stereocenters. The molecular weight excluding hydrogens is 435 g/mol. The molecule has 0 spiro atoms. The number of benzene rings is 2. The van der Waals surface area contributed by atoms with Gasteiger partial charge in [0.05, 0.1) is 12.1 Å². The molecule has 9 heteroatoms. The number of halogens is 4. The van der Waals surface area contributed by atoms with E-state index in [0.29, 0.717) is 15.6 Å². The van der Waals surface area contributed by atoms with Gasteiger partial charge in [-0.15, -0.1) is 11.3 Å². The van der Waals surface area contributed by atoms with E-state index in [0.717, 1.165) is 28.9 Å². The summed E-state index contributed by atoms with van der Waals surface area (Å²) >= 11 is 7.24. The maximum Gasteiger partial charge on any atom is 0.416 e. The van der Waals surface area contributed by atoms with Crippen LogP contribution in [0.5, 0.6) is 0 Å². The van der Waals surface area contributed by atoms with E-state index in [9.17, 15) is 18.0 Å². The maximum absolute atomic E-state index is 12.9. The standard InChI is InChI=1S/C21H19ClF3N3OS/c1-12-3-6-18(13(2)7-12)26-11-19(29)28-20-27-10-16(30-20)9-14-8-15(21(23,24)25)4-5-17(14)22/h3-8,10,26H,9,11H2,1-2H3,(H,27,28,29). The number of thiazole rings is 1. The Morgan fingerprint density at radius 1 is 1.17 bits per heavy atom. The Hall–Kier alpha value is -2.58. The third kappa shape index (κ3) is 5.73. The highest BCUT2D eigenvalue weighted by Crippen LogP contribution is 2.33. The normalized spacial score (nSPS) is 11.4. The lowest BCUT2D eigenvalue weighted by molar-refractivity contribution is -0.137. The van der Waals surface area contributed by atoms with Gasteiger partial charge >= 0.3 is 6.18 Å². The third-order valence-electron chi connectivity index (χ3n) is 4.36. The Balaban J connectivity index is 1.60. The predicted octanol–water partition coefficient (Wildman–Crippen LogP) is 6.07. The van der Waals surface area contributed by atoms with E-state index in [1.807, 2.05) is 32.0 Å². The van der Waals surface area contributed by atoms with Crippen molar-refractivity contribution < 1.29 is 18.0 Å². The van der Waals surface area contributed by atoms with Gasteiger partial charge < -0.3 is 10.6 Å². The monoisotopic (exact) mass is 453 g/mol. The predicted molar refractivity (Wildman–Crippen MR) is 114 cm³/mol. The summed E-state index contributed by atoms with van der Waals surface area (Å²) in [6, 6.07) is 9.12. The van der Waals surface area contributed by atoms with Crippen LogP contribution >= 0.6 is 22.9 Å². The zero-order chi connectivity index (χ0) is 21.9. The summed E-state index contributed by atoms with van der Waals surface area (Å²) in [5.74, 6) is -0.270. The SMILES string of the molecule is Cc1ccc(NCC(=O)Nc2ncc(Cc3cc(C(F)(F)F)ccc3Cl)s2)c(C)c1. The van der Waals surface area contributed by atoms with Crippen molar-refractivity contribution in [1.82, 2.24) is 4.98 Å².